The summed E-state index contributed by atoms with van der Waals surface area (Å²) in [4.78, 5) is 16.3. The summed E-state index contributed by atoms with van der Waals surface area (Å²) >= 11 is 0. The van der Waals surface area contributed by atoms with Gasteiger partial charge in [0.15, 0.2) is 0 Å². The van der Waals surface area contributed by atoms with Gasteiger partial charge >= 0.3 is 0 Å². The lowest BCUT2D eigenvalue weighted by Gasteiger charge is -2.28. The van der Waals surface area contributed by atoms with Gasteiger partial charge in [0.05, 0.1) is 11.3 Å². The fraction of sp³-hybridized carbons (Fsp3) is 0.571. The molecule has 0 unspecified atom stereocenters. The second-order valence-corrected chi connectivity index (χ2v) is 4.67. The fourth-order valence-electron chi connectivity index (χ4n) is 1.69. The van der Waals surface area contributed by atoms with Crippen LogP contribution in [0.3, 0.4) is 0 Å². The molecule has 4 nitrogen and oxygen atoms in total. The van der Waals surface area contributed by atoms with Gasteiger partial charge in [0, 0.05) is 24.5 Å². The predicted octanol–water partition coefficient (Wildman–Crippen LogP) is 2.82. The van der Waals surface area contributed by atoms with Gasteiger partial charge in [0.2, 0.25) is 0 Å². The first-order valence-electron chi connectivity index (χ1n) is 6.56. The molecule has 0 spiro atoms. The molecule has 0 radical (unpaired) electrons. The smallest absolute Gasteiger partial charge is 0.255 e. The van der Waals surface area contributed by atoms with Crippen molar-refractivity contribution < 1.29 is 4.79 Å². The fourth-order valence-corrected chi connectivity index (χ4v) is 1.69. The van der Waals surface area contributed by atoms with E-state index >= 15 is 0 Å². The van der Waals surface area contributed by atoms with Gasteiger partial charge in [-0.05, 0) is 32.8 Å². The zero-order valence-electron chi connectivity index (χ0n) is 11.7. The Hall–Kier alpha value is -1.58. The topological polar surface area (TPSA) is 54.0 Å². The largest absolute Gasteiger partial charge is 0.385 e. The minimum absolute atomic E-state index is 0.0646. The summed E-state index contributed by atoms with van der Waals surface area (Å²) in [6, 6.07) is 1.83. The van der Waals surface area contributed by atoms with Crippen LogP contribution >= 0.6 is 0 Å². The third-order valence-corrected chi connectivity index (χ3v) is 3.41. The number of carbonyl (C=O) groups excluding carboxylic acids is 1. The average molecular weight is 249 g/mol. The SMILES string of the molecule is CCNc1ccncc1C(=O)NC(C)(CC)CC. The van der Waals surface area contributed by atoms with E-state index in [1.165, 1.54) is 0 Å². The van der Waals surface area contributed by atoms with E-state index in [1.54, 1.807) is 12.4 Å². The van der Waals surface area contributed by atoms with Crippen LogP contribution in [0.5, 0.6) is 0 Å². The van der Waals surface area contributed by atoms with Crippen LogP contribution in [0.2, 0.25) is 0 Å². The molecule has 18 heavy (non-hydrogen) atoms. The molecule has 1 rings (SSSR count). The highest BCUT2D eigenvalue weighted by Crippen LogP contribution is 2.18. The van der Waals surface area contributed by atoms with Crippen LogP contribution in [0.25, 0.3) is 0 Å². The minimum Gasteiger partial charge on any atom is -0.385 e. The molecule has 0 atom stereocenters. The van der Waals surface area contributed by atoms with Crippen LogP contribution in [-0.2, 0) is 0 Å². The zero-order valence-corrected chi connectivity index (χ0v) is 11.7. The number of nitrogens with zero attached hydrogens (tertiary/aromatic N) is 1. The summed E-state index contributed by atoms with van der Waals surface area (Å²) in [6.45, 7) is 9.01. The van der Waals surface area contributed by atoms with E-state index in [9.17, 15) is 4.79 Å². The number of nitrogens with one attached hydrogen (secondary N) is 2. The molecule has 2 N–H and O–H groups in total. The highest BCUT2D eigenvalue weighted by molar-refractivity contribution is 5.99. The number of rotatable bonds is 6. The monoisotopic (exact) mass is 249 g/mol. The second-order valence-electron chi connectivity index (χ2n) is 4.67. The van der Waals surface area contributed by atoms with Gasteiger partial charge in [0.25, 0.3) is 5.91 Å². The third-order valence-electron chi connectivity index (χ3n) is 3.41. The van der Waals surface area contributed by atoms with E-state index in [0.29, 0.717) is 5.56 Å². The lowest BCUT2D eigenvalue weighted by atomic mass is 9.95. The maximum Gasteiger partial charge on any atom is 0.255 e. The first kappa shape index (κ1) is 14.5. The number of hydrogen-bond donors (Lipinski definition) is 2. The molecule has 1 aromatic rings. The van der Waals surface area contributed by atoms with E-state index < -0.39 is 0 Å². The summed E-state index contributed by atoms with van der Waals surface area (Å²) in [6.07, 6.45) is 5.12. The molecule has 0 saturated carbocycles. The van der Waals surface area contributed by atoms with Crippen molar-refractivity contribution in [3.05, 3.63) is 24.0 Å². The molecule has 4 heteroatoms. The van der Waals surface area contributed by atoms with Gasteiger partial charge in [-0.15, -0.1) is 0 Å². The van der Waals surface area contributed by atoms with Crippen molar-refractivity contribution in [2.45, 2.75) is 46.1 Å². The molecule has 1 amide bonds. The van der Waals surface area contributed by atoms with Crippen LogP contribution < -0.4 is 10.6 Å². The Bertz CT molecular complexity index is 400. The van der Waals surface area contributed by atoms with E-state index in [0.717, 1.165) is 25.1 Å². The van der Waals surface area contributed by atoms with Crippen molar-refractivity contribution in [1.29, 1.82) is 0 Å². The van der Waals surface area contributed by atoms with Gasteiger partial charge in [-0.1, -0.05) is 13.8 Å². The Kier molecular flexibility index (Phi) is 5.13. The number of aromatic nitrogens is 1. The van der Waals surface area contributed by atoms with Gasteiger partial charge in [-0.2, -0.15) is 0 Å². The molecular formula is C14H23N3O. The summed E-state index contributed by atoms with van der Waals surface area (Å²) in [5.41, 5.74) is 1.28. The Morgan fingerprint density at radius 3 is 2.56 bits per heavy atom. The van der Waals surface area contributed by atoms with Crippen LogP contribution in [0.4, 0.5) is 5.69 Å². The quantitative estimate of drug-likeness (QED) is 0.815. The second kappa shape index (κ2) is 6.38. The molecule has 100 valence electrons. The van der Waals surface area contributed by atoms with Crippen LogP contribution in [0.15, 0.2) is 18.5 Å². The molecular weight excluding hydrogens is 226 g/mol. The molecule has 0 bridgehead atoms. The molecule has 1 aromatic heterocycles. The van der Waals surface area contributed by atoms with E-state index in [1.807, 2.05) is 13.0 Å². The standard InChI is InChI=1S/C14H23N3O/c1-5-14(4,6-2)17-13(18)11-10-15-9-8-12(11)16-7-3/h8-10H,5-7H2,1-4H3,(H,15,16)(H,17,18). The minimum atomic E-state index is -0.156. The van der Waals surface area contributed by atoms with Crippen molar-refractivity contribution in [1.82, 2.24) is 10.3 Å². The van der Waals surface area contributed by atoms with Crippen LogP contribution in [0, 0.1) is 0 Å². The highest BCUT2D eigenvalue weighted by Gasteiger charge is 2.23. The number of pyridine rings is 1. The third kappa shape index (κ3) is 3.45. The molecule has 0 fully saturated rings. The van der Waals surface area contributed by atoms with Crippen molar-refractivity contribution in [2.24, 2.45) is 0 Å². The van der Waals surface area contributed by atoms with E-state index in [2.05, 4.69) is 36.4 Å². The summed E-state index contributed by atoms with van der Waals surface area (Å²) < 4.78 is 0. The highest BCUT2D eigenvalue weighted by atomic mass is 16.1. The molecule has 0 aliphatic carbocycles. The molecule has 0 aliphatic rings. The molecule has 0 saturated heterocycles. The van der Waals surface area contributed by atoms with Crippen molar-refractivity contribution in [3.8, 4) is 0 Å². The van der Waals surface area contributed by atoms with Crippen LogP contribution in [-0.4, -0.2) is 23.0 Å². The number of carbonyl (C=O) groups is 1. The Morgan fingerprint density at radius 1 is 1.33 bits per heavy atom. The lowest BCUT2D eigenvalue weighted by molar-refractivity contribution is 0.0901. The Labute approximate surface area is 109 Å². The van der Waals surface area contributed by atoms with Crippen molar-refractivity contribution in [3.63, 3.8) is 0 Å². The molecule has 1 heterocycles. The number of amides is 1. The first-order valence-corrected chi connectivity index (χ1v) is 6.56. The number of anilines is 1. The number of hydrogen-bond acceptors (Lipinski definition) is 3. The summed E-state index contributed by atoms with van der Waals surface area (Å²) in [5.74, 6) is -0.0646. The van der Waals surface area contributed by atoms with Gasteiger partial charge in [-0.25, -0.2) is 0 Å². The van der Waals surface area contributed by atoms with Crippen molar-refractivity contribution in [2.75, 3.05) is 11.9 Å². The van der Waals surface area contributed by atoms with E-state index in [4.69, 9.17) is 0 Å². The first-order chi connectivity index (χ1) is 8.56. The normalized spacial score (nSPS) is 11.1. The maximum absolute atomic E-state index is 12.3. The van der Waals surface area contributed by atoms with Gasteiger partial charge in [-0.3, -0.25) is 9.78 Å². The Balaban J connectivity index is 2.90. The molecule has 0 aliphatic heterocycles. The maximum atomic E-state index is 12.3. The predicted molar refractivity (Wildman–Crippen MR) is 74.9 cm³/mol. The zero-order chi connectivity index (χ0) is 13.6. The average Bonchev–Trinajstić information content (AvgIpc) is 2.39. The lowest BCUT2D eigenvalue weighted by Crippen LogP contribution is -2.45. The molecule has 0 aromatic carbocycles. The van der Waals surface area contributed by atoms with Gasteiger partial charge < -0.3 is 10.6 Å². The van der Waals surface area contributed by atoms with E-state index in [-0.39, 0.29) is 11.4 Å². The summed E-state index contributed by atoms with van der Waals surface area (Å²) in [7, 11) is 0. The summed E-state index contributed by atoms with van der Waals surface area (Å²) in [5, 5.41) is 6.27. The Morgan fingerprint density at radius 2 is 2.00 bits per heavy atom. The van der Waals surface area contributed by atoms with Crippen LogP contribution in [0.1, 0.15) is 50.9 Å². The van der Waals surface area contributed by atoms with Crippen molar-refractivity contribution >= 4 is 11.6 Å². The van der Waals surface area contributed by atoms with Gasteiger partial charge in [0.1, 0.15) is 0 Å².